The van der Waals surface area contributed by atoms with Crippen molar-refractivity contribution in [3.8, 4) is 0 Å². The van der Waals surface area contributed by atoms with Crippen LogP contribution in [-0.2, 0) is 21.2 Å². The number of halogens is 1. The summed E-state index contributed by atoms with van der Waals surface area (Å²) in [5, 5.41) is 0.739. The molecule has 1 atom stereocenters. The Kier molecular flexibility index (Phi) is 5.47. The fraction of sp³-hybridized carbons (Fsp3) is 0.588. The van der Waals surface area contributed by atoms with Gasteiger partial charge in [-0.25, -0.2) is 8.42 Å². The molecule has 1 amide bonds. The van der Waals surface area contributed by atoms with E-state index in [-0.39, 0.29) is 23.3 Å². The molecule has 3 rings (SSSR count). The first-order valence-electron chi connectivity index (χ1n) is 8.36. The van der Waals surface area contributed by atoms with Crippen molar-refractivity contribution in [1.29, 1.82) is 0 Å². The van der Waals surface area contributed by atoms with Gasteiger partial charge in [0.2, 0.25) is 5.91 Å². The molecule has 0 N–H and O–H groups in total. The molecule has 0 aromatic heterocycles. The van der Waals surface area contributed by atoms with E-state index in [2.05, 4.69) is 4.90 Å². The Labute approximate surface area is 148 Å². The van der Waals surface area contributed by atoms with Gasteiger partial charge in [0.15, 0.2) is 9.84 Å². The summed E-state index contributed by atoms with van der Waals surface area (Å²) in [4.78, 5) is 16.6. The maximum absolute atomic E-state index is 12.4. The lowest BCUT2D eigenvalue weighted by atomic mass is 10.0. The van der Waals surface area contributed by atoms with Crippen LogP contribution in [0.3, 0.4) is 0 Å². The summed E-state index contributed by atoms with van der Waals surface area (Å²) in [6.45, 7) is 3.98. The fourth-order valence-corrected chi connectivity index (χ4v) is 5.40. The number of benzene rings is 1. The second kappa shape index (κ2) is 7.42. The van der Waals surface area contributed by atoms with Gasteiger partial charge in [-0.2, -0.15) is 0 Å². The molecule has 7 heteroatoms. The smallest absolute Gasteiger partial charge is 0.222 e. The van der Waals surface area contributed by atoms with Crippen molar-refractivity contribution in [3.05, 3.63) is 34.9 Å². The van der Waals surface area contributed by atoms with Crippen molar-refractivity contribution in [2.45, 2.75) is 19.4 Å². The molecular formula is C17H23ClN2O3S. The van der Waals surface area contributed by atoms with E-state index in [1.165, 1.54) is 5.56 Å². The predicted octanol–water partition coefficient (Wildman–Crippen LogP) is 1.81. The first-order valence-corrected chi connectivity index (χ1v) is 10.6. The minimum atomic E-state index is -2.91. The molecule has 0 aliphatic carbocycles. The largest absolute Gasteiger partial charge is 0.340 e. The number of hydrogen-bond acceptors (Lipinski definition) is 4. The van der Waals surface area contributed by atoms with Crippen LogP contribution in [0.4, 0.5) is 0 Å². The van der Waals surface area contributed by atoms with E-state index in [4.69, 9.17) is 11.6 Å². The lowest BCUT2D eigenvalue weighted by Crippen LogP contribution is -2.48. The van der Waals surface area contributed by atoms with Crippen molar-refractivity contribution in [2.75, 3.05) is 37.7 Å². The second-order valence-electron chi connectivity index (χ2n) is 6.76. The van der Waals surface area contributed by atoms with Gasteiger partial charge in [-0.15, -0.1) is 0 Å². The number of hydrogen-bond donors (Lipinski definition) is 0. The topological polar surface area (TPSA) is 57.7 Å². The molecular weight excluding hydrogens is 348 g/mol. The van der Waals surface area contributed by atoms with E-state index in [1.807, 2.05) is 29.2 Å². The molecule has 2 aliphatic rings. The highest BCUT2D eigenvalue weighted by molar-refractivity contribution is 7.91. The highest BCUT2D eigenvalue weighted by Crippen LogP contribution is 2.23. The normalized spacial score (nSPS) is 24.2. The molecule has 1 aromatic carbocycles. The zero-order valence-corrected chi connectivity index (χ0v) is 15.2. The van der Waals surface area contributed by atoms with Crippen LogP contribution in [-0.4, -0.2) is 61.8 Å². The van der Waals surface area contributed by atoms with Crippen molar-refractivity contribution in [2.24, 2.45) is 5.92 Å². The van der Waals surface area contributed by atoms with E-state index < -0.39 is 9.84 Å². The minimum Gasteiger partial charge on any atom is -0.340 e. The summed E-state index contributed by atoms with van der Waals surface area (Å²) in [5.74, 6) is 0.521. The Bertz CT molecular complexity index is 682. The molecule has 0 saturated carbocycles. The zero-order chi connectivity index (χ0) is 17.2. The Balaban J connectivity index is 1.44. The van der Waals surface area contributed by atoms with Gasteiger partial charge in [0, 0.05) is 44.2 Å². The third kappa shape index (κ3) is 4.71. The molecule has 0 spiro atoms. The summed E-state index contributed by atoms with van der Waals surface area (Å²) in [5.41, 5.74) is 1.22. The molecule has 0 radical (unpaired) electrons. The molecule has 2 aliphatic heterocycles. The minimum absolute atomic E-state index is 0.00889. The molecule has 1 aromatic rings. The SMILES string of the molecule is O=C(CC1CCS(=O)(=O)C1)N1CCN(Cc2ccc(Cl)cc2)CC1. The Morgan fingerprint density at radius 2 is 1.79 bits per heavy atom. The van der Waals surface area contributed by atoms with Gasteiger partial charge in [0.25, 0.3) is 0 Å². The van der Waals surface area contributed by atoms with Crippen LogP contribution in [0.5, 0.6) is 0 Å². The molecule has 2 fully saturated rings. The van der Waals surface area contributed by atoms with Gasteiger partial charge in [-0.05, 0) is 30.0 Å². The summed E-state index contributed by atoms with van der Waals surface area (Å²) in [7, 11) is -2.91. The van der Waals surface area contributed by atoms with Crippen molar-refractivity contribution < 1.29 is 13.2 Å². The highest BCUT2D eigenvalue weighted by Gasteiger charge is 2.31. The molecule has 0 bridgehead atoms. The average molecular weight is 371 g/mol. The van der Waals surface area contributed by atoms with Crippen LogP contribution >= 0.6 is 11.6 Å². The van der Waals surface area contributed by atoms with E-state index >= 15 is 0 Å². The van der Waals surface area contributed by atoms with Crippen molar-refractivity contribution in [3.63, 3.8) is 0 Å². The van der Waals surface area contributed by atoms with Crippen LogP contribution in [0, 0.1) is 5.92 Å². The molecule has 2 saturated heterocycles. The number of rotatable bonds is 4. The highest BCUT2D eigenvalue weighted by atomic mass is 35.5. The summed E-state index contributed by atoms with van der Waals surface area (Å²) >= 11 is 5.90. The van der Waals surface area contributed by atoms with Gasteiger partial charge in [0.05, 0.1) is 11.5 Å². The predicted molar refractivity (Wildman–Crippen MR) is 94.7 cm³/mol. The monoisotopic (exact) mass is 370 g/mol. The lowest BCUT2D eigenvalue weighted by molar-refractivity contribution is -0.133. The molecule has 5 nitrogen and oxygen atoms in total. The van der Waals surface area contributed by atoms with Crippen LogP contribution in [0.2, 0.25) is 5.02 Å². The second-order valence-corrected chi connectivity index (χ2v) is 9.42. The first-order chi connectivity index (χ1) is 11.4. The quantitative estimate of drug-likeness (QED) is 0.811. The maximum atomic E-state index is 12.4. The molecule has 132 valence electrons. The van der Waals surface area contributed by atoms with E-state index in [1.54, 1.807) is 0 Å². The maximum Gasteiger partial charge on any atom is 0.222 e. The van der Waals surface area contributed by atoms with Gasteiger partial charge in [-0.3, -0.25) is 9.69 Å². The van der Waals surface area contributed by atoms with Crippen LogP contribution in [0.25, 0.3) is 0 Å². The van der Waals surface area contributed by atoms with E-state index in [0.29, 0.717) is 25.9 Å². The van der Waals surface area contributed by atoms with Gasteiger partial charge in [-0.1, -0.05) is 23.7 Å². The third-order valence-electron chi connectivity index (χ3n) is 4.83. The molecule has 1 unspecified atom stereocenters. The van der Waals surface area contributed by atoms with Gasteiger partial charge >= 0.3 is 0 Å². The summed E-state index contributed by atoms with van der Waals surface area (Å²) < 4.78 is 23.0. The summed E-state index contributed by atoms with van der Waals surface area (Å²) in [6.07, 6.45) is 1.00. The van der Waals surface area contributed by atoms with Gasteiger partial charge < -0.3 is 4.90 Å². The Morgan fingerprint density at radius 1 is 1.12 bits per heavy atom. The lowest BCUT2D eigenvalue weighted by Gasteiger charge is -2.35. The Hall–Kier alpha value is -1.11. The fourth-order valence-electron chi connectivity index (χ4n) is 3.41. The van der Waals surface area contributed by atoms with E-state index in [0.717, 1.165) is 24.7 Å². The molecule has 2 heterocycles. The first kappa shape index (κ1) is 17.7. The number of nitrogens with zero attached hydrogens (tertiary/aromatic N) is 2. The van der Waals surface area contributed by atoms with Crippen LogP contribution < -0.4 is 0 Å². The zero-order valence-electron chi connectivity index (χ0n) is 13.7. The van der Waals surface area contributed by atoms with Crippen LogP contribution in [0.15, 0.2) is 24.3 Å². The van der Waals surface area contributed by atoms with Crippen molar-refractivity contribution in [1.82, 2.24) is 9.80 Å². The van der Waals surface area contributed by atoms with Crippen LogP contribution in [0.1, 0.15) is 18.4 Å². The number of amides is 1. The summed E-state index contributed by atoms with van der Waals surface area (Å²) in [6, 6.07) is 7.85. The number of carbonyl (C=O) groups excluding carboxylic acids is 1. The third-order valence-corrected chi connectivity index (χ3v) is 6.92. The number of piperazine rings is 1. The van der Waals surface area contributed by atoms with Crippen molar-refractivity contribution >= 4 is 27.3 Å². The van der Waals surface area contributed by atoms with E-state index in [9.17, 15) is 13.2 Å². The number of sulfone groups is 1. The molecule has 24 heavy (non-hydrogen) atoms. The average Bonchev–Trinajstić information content (AvgIpc) is 2.89. The standard InChI is InChI=1S/C17H23ClN2O3S/c18-16-3-1-14(2-4-16)12-19-6-8-20(9-7-19)17(21)11-15-5-10-24(22,23)13-15/h1-4,15H,5-13H2. The van der Waals surface area contributed by atoms with Gasteiger partial charge in [0.1, 0.15) is 0 Å². The Morgan fingerprint density at radius 3 is 2.38 bits per heavy atom. The number of carbonyl (C=O) groups is 1.